The lowest BCUT2D eigenvalue weighted by atomic mass is 10.0. The maximum Gasteiger partial charge on any atom is 0.440 e. The second-order valence-corrected chi connectivity index (χ2v) is 9.16. The molecule has 0 aromatic heterocycles. The number of benzene rings is 2. The number of hydrogen-bond donors (Lipinski definition) is 3. The molecule has 2 aromatic rings. The second kappa shape index (κ2) is 11.7. The molecule has 0 spiro atoms. The van der Waals surface area contributed by atoms with Gasteiger partial charge in [-0.3, -0.25) is 11.1 Å². The Balaban J connectivity index is 2.07. The Morgan fingerprint density at radius 1 is 1.22 bits per heavy atom. The number of rotatable bonds is 9. The van der Waals surface area contributed by atoms with Crippen LogP contribution in [-0.2, 0) is 21.2 Å². The Morgan fingerprint density at radius 3 is 2.50 bits per heavy atom. The summed E-state index contributed by atoms with van der Waals surface area (Å²) in [6.07, 6.45) is 0.376. The molecule has 1 amide bonds. The fourth-order valence-corrected chi connectivity index (χ4v) is 4.20. The van der Waals surface area contributed by atoms with Gasteiger partial charge < -0.3 is 9.84 Å². The van der Waals surface area contributed by atoms with Crippen LogP contribution in [0.2, 0.25) is 0 Å². The van der Waals surface area contributed by atoms with Crippen LogP contribution in [0.3, 0.4) is 0 Å². The molecule has 5 N–H and O–H groups in total. The second-order valence-electron chi connectivity index (χ2n) is 7.42. The molecule has 2 rings (SSSR count). The van der Waals surface area contributed by atoms with Crippen molar-refractivity contribution < 1.29 is 28.4 Å². The normalized spacial score (nSPS) is 12.2. The van der Waals surface area contributed by atoms with E-state index in [0.717, 1.165) is 11.6 Å². The third-order valence-electron chi connectivity index (χ3n) is 4.80. The van der Waals surface area contributed by atoms with Crippen molar-refractivity contribution in [2.75, 3.05) is 20.3 Å². The average molecular weight is 463 g/mol. The number of ether oxygens (including phenoxy) is 1. The number of nitrogens with two attached hydrogens (primary N) is 2. The number of aryl methyl sites for hydroxylation is 1. The summed E-state index contributed by atoms with van der Waals surface area (Å²) in [5.74, 6) is -0.0228. The first-order valence-corrected chi connectivity index (χ1v) is 11.8. The predicted octanol–water partition coefficient (Wildman–Crippen LogP) is 0.787. The zero-order chi connectivity index (χ0) is 23.7. The van der Waals surface area contributed by atoms with E-state index in [0.29, 0.717) is 24.3 Å². The van der Waals surface area contributed by atoms with Crippen molar-refractivity contribution in [2.45, 2.75) is 37.5 Å². The van der Waals surface area contributed by atoms with Gasteiger partial charge in [0.2, 0.25) is 15.9 Å². The molecule has 0 aliphatic carbocycles. The van der Waals surface area contributed by atoms with E-state index < -0.39 is 26.8 Å². The van der Waals surface area contributed by atoms with Crippen molar-refractivity contribution in [2.24, 2.45) is 10.7 Å². The molecule has 0 unspecified atom stereocenters. The van der Waals surface area contributed by atoms with Crippen LogP contribution in [0.15, 0.2) is 52.4 Å². The molecule has 9 nitrogen and oxygen atoms in total. The summed E-state index contributed by atoms with van der Waals surface area (Å²) in [6, 6.07) is 12.0. The van der Waals surface area contributed by atoms with Gasteiger partial charge in [-0.05, 0) is 42.0 Å². The SMILES string of the molecule is C[NH2+]/C(=N\C(=O)OCN)c1ccc([O-])c(S(=O)(=O)NCCCc2ccc(C(C)C)cc2)c1. The lowest BCUT2D eigenvalue weighted by Crippen LogP contribution is -2.84. The summed E-state index contributed by atoms with van der Waals surface area (Å²) in [7, 11) is -2.41. The van der Waals surface area contributed by atoms with Gasteiger partial charge in [-0.15, -0.1) is 4.99 Å². The van der Waals surface area contributed by atoms with Crippen molar-refractivity contribution in [1.82, 2.24) is 4.72 Å². The zero-order valence-electron chi connectivity index (χ0n) is 18.5. The fraction of sp³-hybridized carbons (Fsp3) is 0.364. The van der Waals surface area contributed by atoms with E-state index in [1.54, 1.807) is 7.05 Å². The largest absolute Gasteiger partial charge is 0.872 e. The van der Waals surface area contributed by atoms with Gasteiger partial charge >= 0.3 is 6.09 Å². The van der Waals surface area contributed by atoms with E-state index in [1.807, 2.05) is 12.1 Å². The Labute approximate surface area is 188 Å². The molecule has 0 saturated heterocycles. The molecule has 0 saturated carbocycles. The van der Waals surface area contributed by atoms with Crippen LogP contribution in [0.5, 0.6) is 5.75 Å². The minimum Gasteiger partial charge on any atom is -0.872 e. The van der Waals surface area contributed by atoms with Crippen molar-refractivity contribution in [1.29, 1.82) is 0 Å². The van der Waals surface area contributed by atoms with Crippen LogP contribution in [0, 0.1) is 0 Å². The molecular formula is C22H30N4O5S. The molecule has 0 aliphatic heterocycles. The van der Waals surface area contributed by atoms with Gasteiger partial charge in [0.05, 0.1) is 17.5 Å². The van der Waals surface area contributed by atoms with Crippen molar-refractivity contribution in [3.63, 3.8) is 0 Å². The Hall–Kier alpha value is -2.79. The van der Waals surface area contributed by atoms with E-state index >= 15 is 0 Å². The highest BCUT2D eigenvalue weighted by Gasteiger charge is 2.18. The minimum absolute atomic E-state index is 0.171. The molecule has 0 radical (unpaired) electrons. The number of hydrogen-bond acceptors (Lipinski definition) is 6. The molecule has 32 heavy (non-hydrogen) atoms. The number of amidine groups is 1. The van der Waals surface area contributed by atoms with Crippen LogP contribution in [0.4, 0.5) is 4.79 Å². The summed E-state index contributed by atoms with van der Waals surface area (Å²) in [4.78, 5) is 14.9. The maximum absolute atomic E-state index is 12.7. The summed E-state index contributed by atoms with van der Waals surface area (Å²) >= 11 is 0. The van der Waals surface area contributed by atoms with Crippen molar-refractivity contribution in [3.05, 3.63) is 59.2 Å². The highest BCUT2D eigenvalue weighted by Crippen LogP contribution is 2.21. The summed E-state index contributed by atoms with van der Waals surface area (Å²) in [5.41, 5.74) is 7.81. The van der Waals surface area contributed by atoms with E-state index in [9.17, 15) is 18.3 Å². The maximum atomic E-state index is 12.7. The Morgan fingerprint density at radius 2 is 1.91 bits per heavy atom. The third-order valence-corrected chi connectivity index (χ3v) is 6.28. The van der Waals surface area contributed by atoms with Gasteiger partial charge in [-0.2, -0.15) is 0 Å². The molecule has 0 bridgehead atoms. The lowest BCUT2D eigenvalue weighted by Gasteiger charge is -2.16. The van der Waals surface area contributed by atoms with E-state index in [4.69, 9.17) is 5.73 Å². The van der Waals surface area contributed by atoms with Crippen LogP contribution >= 0.6 is 0 Å². The van der Waals surface area contributed by atoms with Crippen LogP contribution in [0.25, 0.3) is 0 Å². The monoisotopic (exact) mass is 462 g/mol. The fourth-order valence-electron chi connectivity index (χ4n) is 3.02. The molecule has 174 valence electrons. The molecule has 2 aromatic carbocycles. The molecule has 0 atom stereocenters. The standard InChI is InChI=1S/C22H30N4O5S/c1-15(2)17-8-6-16(7-9-17)5-4-12-25-32(29,30)20-13-18(10-11-19(20)27)21(24-3)26-22(28)31-14-23/h6-11,13,15,25,27H,4-5,12,14,23H2,1-3H3,(H,24,26,28). The number of sulfonamides is 1. The highest BCUT2D eigenvalue weighted by molar-refractivity contribution is 7.89. The number of quaternary nitrogens is 1. The lowest BCUT2D eigenvalue weighted by molar-refractivity contribution is -0.505. The Bertz CT molecular complexity index is 1050. The quantitative estimate of drug-likeness (QED) is 0.217. The first kappa shape index (κ1) is 25.5. The van der Waals surface area contributed by atoms with E-state index in [-0.39, 0.29) is 19.1 Å². The van der Waals surface area contributed by atoms with Crippen LogP contribution in [0.1, 0.15) is 42.9 Å². The molecule has 0 aliphatic rings. The number of nitrogens with one attached hydrogen (secondary N) is 1. The molecule has 0 fully saturated rings. The van der Waals surface area contributed by atoms with Gasteiger partial charge in [0.15, 0.2) is 0 Å². The van der Waals surface area contributed by atoms with Gasteiger partial charge in [-0.1, -0.05) is 49.9 Å². The van der Waals surface area contributed by atoms with Gasteiger partial charge in [-0.25, -0.2) is 17.9 Å². The molecule has 10 heteroatoms. The topological polar surface area (TPSA) is 151 Å². The van der Waals surface area contributed by atoms with Gasteiger partial charge in [0.25, 0.3) is 0 Å². The van der Waals surface area contributed by atoms with Crippen molar-refractivity contribution in [3.8, 4) is 5.75 Å². The number of aliphatic imine (C=N–C) groups is 1. The molecular weight excluding hydrogens is 432 g/mol. The summed E-state index contributed by atoms with van der Waals surface area (Å²) < 4.78 is 32.5. The van der Waals surface area contributed by atoms with Gasteiger partial charge in [0, 0.05) is 6.54 Å². The predicted molar refractivity (Wildman–Crippen MR) is 120 cm³/mol. The number of carbonyl (C=O) groups excluding carboxylic acids is 1. The average Bonchev–Trinajstić information content (AvgIpc) is 2.76. The third kappa shape index (κ3) is 7.13. The van der Waals surface area contributed by atoms with E-state index in [2.05, 4.69) is 40.4 Å². The zero-order valence-corrected chi connectivity index (χ0v) is 19.3. The van der Waals surface area contributed by atoms with E-state index in [1.165, 1.54) is 23.0 Å². The first-order valence-electron chi connectivity index (χ1n) is 10.3. The number of amides is 1. The first-order chi connectivity index (χ1) is 15.2. The summed E-state index contributed by atoms with van der Waals surface area (Å²) in [5, 5.41) is 13.7. The molecule has 0 heterocycles. The number of nitrogens with zero attached hydrogens (tertiary/aromatic N) is 1. The highest BCUT2D eigenvalue weighted by atomic mass is 32.2. The summed E-state index contributed by atoms with van der Waals surface area (Å²) in [6.45, 7) is 4.11. The van der Waals surface area contributed by atoms with Crippen LogP contribution < -0.4 is 20.9 Å². The smallest absolute Gasteiger partial charge is 0.440 e. The number of carbonyl (C=O) groups is 1. The van der Waals surface area contributed by atoms with Crippen molar-refractivity contribution >= 4 is 22.0 Å². The minimum atomic E-state index is -4.03. The van der Waals surface area contributed by atoms with Crippen LogP contribution in [-0.4, -0.2) is 40.7 Å². The Kier molecular flexibility index (Phi) is 9.33. The van der Waals surface area contributed by atoms with Gasteiger partial charge in [0.1, 0.15) is 6.73 Å².